The molecule has 0 unspecified atom stereocenters. The van der Waals surface area contributed by atoms with Crippen LogP contribution in [0.1, 0.15) is 41.3 Å². The number of pyridine rings is 2. The standard InChI is InChI=1S/C24H26N6O3/c1-15-5-6-18(33-23-16(2)17(13-25)9-11-26-23)14-30(15)24(31)19-7-8-21(32-4)28-22(19)20-10-12-27-29(20)3/h7-12,15,18H,5-6,14H2,1-4H3/t15-,18-/m1/s1. The van der Waals surface area contributed by atoms with Crippen molar-refractivity contribution in [2.75, 3.05) is 13.7 Å². The van der Waals surface area contributed by atoms with E-state index in [1.165, 1.54) is 0 Å². The second-order valence-corrected chi connectivity index (χ2v) is 8.11. The van der Waals surface area contributed by atoms with Crippen molar-refractivity contribution in [3.05, 3.63) is 53.3 Å². The Morgan fingerprint density at radius 3 is 2.73 bits per heavy atom. The van der Waals surface area contributed by atoms with E-state index in [0.717, 1.165) is 18.5 Å². The van der Waals surface area contributed by atoms with Gasteiger partial charge >= 0.3 is 0 Å². The van der Waals surface area contributed by atoms with E-state index in [1.54, 1.807) is 42.4 Å². The average molecular weight is 447 g/mol. The maximum Gasteiger partial charge on any atom is 0.256 e. The van der Waals surface area contributed by atoms with Crippen LogP contribution < -0.4 is 9.47 Å². The highest BCUT2D eigenvalue weighted by Gasteiger charge is 2.33. The third-order valence-electron chi connectivity index (χ3n) is 6.03. The Balaban J connectivity index is 1.62. The molecule has 0 aromatic carbocycles. The van der Waals surface area contributed by atoms with Gasteiger partial charge in [0.15, 0.2) is 0 Å². The lowest BCUT2D eigenvalue weighted by atomic mass is 9.99. The molecule has 170 valence electrons. The van der Waals surface area contributed by atoms with Gasteiger partial charge in [-0.25, -0.2) is 9.97 Å². The number of rotatable bonds is 5. The van der Waals surface area contributed by atoms with E-state index in [9.17, 15) is 10.1 Å². The maximum absolute atomic E-state index is 13.7. The number of carbonyl (C=O) groups is 1. The lowest BCUT2D eigenvalue weighted by Gasteiger charge is -2.38. The number of methoxy groups -OCH3 is 1. The Labute approximate surface area is 192 Å². The summed E-state index contributed by atoms with van der Waals surface area (Å²) in [6.45, 7) is 4.27. The fourth-order valence-corrected chi connectivity index (χ4v) is 4.05. The lowest BCUT2D eigenvalue weighted by Crippen LogP contribution is -2.49. The Hall–Kier alpha value is -3.93. The lowest BCUT2D eigenvalue weighted by molar-refractivity contribution is 0.0371. The molecule has 0 spiro atoms. The van der Waals surface area contributed by atoms with Gasteiger partial charge in [-0.15, -0.1) is 0 Å². The molecule has 3 aromatic rings. The van der Waals surface area contributed by atoms with Crippen molar-refractivity contribution in [1.29, 1.82) is 5.26 Å². The zero-order valence-corrected chi connectivity index (χ0v) is 19.1. The molecule has 1 saturated heterocycles. The fourth-order valence-electron chi connectivity index (χ4n) is 4.05. The molecule has 4 heterocycles. The van der Waals surface area contributed by atoms with Crippen LogP contribution in [0.25, 0.3) is 11.4 Å². The van der Waals surface area contributed by atoms with Crippen molar-refractivity contribution in [3.8, 4) is 29.2 Å². The van der Waals surface area contributed by atoms with E-state index >= 15 is 0 Å². The zero-order chi connectivity index (χ0) is 23.5. The molecule has 0 bridgehead atoms. The molecule has 0 saturated carbocycles. The highest BCUT2D eigenvalue weighted by atomic mass is 16.5. The van der Waals surface area contributed by atoms with Crippen LogP contribution in [0.3, 0.4) is 0 Å². The molecule has 4 rings (SSSR count). The summed E-state index contributed by atoms with van der Waals surface area (Å²) in [6.07, 6.45) is 4.59. The summed E-state index contributed by atoms with van der Waals surface area (Å²) in [7, 11) is 3.35. The number of hydrogen-bond acceptors (Lipinski definition) is 7. The summed E-state index contributed by atoms with van der Waals surface area (Å²) < 4.78 is 13.1. The third-order valence-corrected chi connectivity index (χ3v) is 6.03. The minimum Gasteiger partial charge on any atom is -0.481 e. The van der Waals surface area contributed by atoms with Crippen molar-refractivity contribution in [3.63, 3.8) is 0 Å². The van der Waals surface area contributed by atoms with Gasteiger partial charge in [-0.1, -0.05) is 0 Å². The molecular formula is C24H26N6O3. The largest absolute Gasteiger partial charge is 0.481 e. The highest BCUT2D eigenvalue weighted by Crippen LogP contribution is 2.29. The van der Waals surface area contributed by atoms with Crippen molar-refractivity contribution < 1.29 is 14.3 Å². The Kier molecular flexibility index (Phi) is 6.27. The van der Waals surface area contributed by atoms with Gasteiger partial charge in [0.1, 0.15) is 11.8 Å². The maximum atomic E-state index is 13.7. The Morgan fingerprint density at radius 2 is 2.03 bits per heavy atom. The monoisotopic (exact) mass is 446 g/mol. The molecule has 1 aliphatic heterocycles. The first-order valence-electron chi connectivity index (χ1n) is 10.8. The molecule has 0 aliphatic carbocycles. The van der Waals surface area contributed by atoms with Crippen LogP contribution in [0.5, 0.6) is 11.8 Å². The van der Waals surface area contributed by atoms with Gasteiger partial charge in [-0.2, -0.15) is 10.4 Å². The molecule has 9 nitrogen and oxygen atoms in total. The first-order valence-corrected chi connectivity index (χ1v) is 10.8. The van der Waals surface area contributed by atoms with Crippen LogP contribution in [0.15, 0.2) is 36.7 Å². The zero-order valence-electron chi connectivity index (χ0n) is 19.1. The van der Waals surface area contributed by atoms with Gasteiger partial charge in [-0.05, 0) is 44.9 Å². The first-order chi connectivity index (χ1) is 15.9. The summed E-state index contributed by atoms with van der Waals surface area (Å²) in [5, 5.41) is 13.5. The van der Waals surface area contributed by atoms with E-state index in [4.69, 9.17) is 9.47 Å². The number of ether oxygens (including phenoxy) is 2. The number of amides is 1. The summed E-state index contributed by atoms with van der Waals surface area (Å²) in [5.74, 6) is 0.731. The Morgan fingerprint density at radius 1 is 1.21 bits per heavy atom. The van der Waals surface area contributed by atoms with E-state index in [2.05, 4.69) is 21.1 Å². The van der Waals surface area contributed by atoms with E-state index in [-0.39, 0.29) is 18.1 Å². The summed E-state index contributed by atoms with van der Waals surface area (Å²) >= 11 is 0. The molecule has 9 heteroatoms. The number of nitrogens with zero attached hydrogens (tertiary/aromatic N) is 6. The molecule has 1 aliphatic rings. The normalized spacial score (nSPS) is 18.0. The van der Waals surface area contributed by atoms with Crippen LogP contribution >= 0.6 is 0 Å². The summed E-state index contributed by atoms with van der Waals surface area (Å²) in [6, 6.07) is 9.11. The predicted molar refractivity (Wildman–Crippen MR) is 121 cm³/mol. The number of carbonyl (C=O) groups excluding carboxylic acids is 1. The summed E-state index contributed by atoms with van der Waals surface area (Å²) in [4.78, 5) is 24.4. The van der Waals surface area contributed by atoms with Gasteiger partial charge in [0.2, 0.25) is 11.8 Å². The van der Waals surface area contributed by atoms with Gasteiger partial charge in [0.05, 0.1) is 36.5 Å². The smallest absolute Gasteiger partial charge is 0.256 e. The highest BCUT2D eigenvalue weighted by molar-refractivity contribution is 6.00. The van der Waals surface area contributed by atoms with Gasteiger partial charge in [-0.3, -0.25) is 9.48 Å². The predicted octanol–water partition coefficient (Wildman–Crippen LogP) is 3.14. The van der Waals surface area contributed by atoms with Gasteiger partial charge in [0, 0.05) is 37.1 Å². The van der Waals surface area contributed by atoms with Gasteiger partial charge < -0.3 is 14.4 Å². The number of likely N-dealkylation sites (tertiary alicyclic amines) is 1. The molecule has 3 aromatic heterocycles. The molecule has 0 radical (unpaired) electrons. The van der Waals surface area contributed by atoms with Crippen molar-refractivity contribution in [1.82, 2.24) is 24.6 Å². The molecule has 1 fully saturated rings. The average Bonchev–Trinajstić information content (AvgIpc) is 3.26. The SMILES string of the molecule is COc1ccc(C(=O)N2C[C@H](Oc3nccc(C#N)c3C)CC[C@H]2C)c(-c2ccnn2C)n1. The number of aromatic nitrogens is 4. The molecular weight excluding hydrogens is 420 g/mol. The van der Waals surface area contributed by atoms with Crippen LogP contribution in [0, 0.1) is 18.3 Å². The van der Waals surface area contributed by atoms with E-state index in [1.807, 2.05) is 31.9 Å². The topological polar surface area (TPSA) is 106 Å². The van der Waals surface area contributed by atoms with E-state index < -0.39 is 0 Å². The van der Waals surface area contributed by atoms with Gasteiger partial charge in [0.25, 0.3) is 5.91 Å². The quantitative estimate of drug-likeness (QED) is 0.593. The minimum atomic E-state index is -0.225. The summed E-state index contributed by atoms with van der Waals surface area (Å²) in [5.41, 5.74) is 2.96. The van der Waals surface area contributed by atoms with Crippen molar-refractivity contribution >= 4 is 5.91 Å². The third kappa shape index (κ3) is 4.37. The number of piperidine rings is 1. The molecule has 0 N–H and O–H groups in total. The van der Waals surface area contributed by atoms with Crippen LogP contribution in [0.4, 0.5) is 0 Å². The molecule has 33 heavy (non-hydrogen) atoms. The number of nitriles is 1. The van der Waals surface area contributed by atoms with Crippen molar-refractivity contribution in [2.24, 2.45) is 7.05 Å². The second kappa shape index (κ2) is 9.28. The number of hydrogen-bond donors (Lipinski definition) is 0. The number of aryl methyl sites for hydroxylation is 1. The van der Waals surface area contributed by atoms with Crippen LogP contribution in [-0.2, 0) is 7.05 Å². The fraction of sp³-hybridized carbons (Fsp3) is 0.375. The minimum absolute atomic E-state index is 0.0401. The Bertz CT molecular complexity index is 1220. The van der Waals surface area contributed by atoms with Crippen LogP contribution in [0.2, 0.25) is 0 Å². The molecule has 2 atom stereocenters. The second-order valence-electron chi connectivity index (χ2n) is 8.11. The van der Waals surface area contributed by atoms with E-state index in [0.29, 0.717) is 40.7 Å². The first kappa shape index (κ1) is 22.3. The molecule has 1 amide bonds. The van der Waals surface area contributed by atoms with Crippen LogP contribution in [-0.4, -0.2) is 56.4 Å². The van der Waals surface area contributed by atoms with Crippen molar-refractivity contribution in [2.45, 2.75) is 38.8 Å².